The Hall–Kier alpha value is -2.01. The molecule has 2 atom stereocenters. The van der Waals surface area contributed by atoms with Gasteiger partial charge < -0.3 is 20.5 Å². The van der Waals surface area contributed by atoms with E-state index in [4.69, 9.17) is 15.2 Å². The smallest absolute Gasteiger partial charge is 0.241 e. The predicted octanol–water partition coefficient (Wildman–Crippen LogP) is 2.25. The van der Waals surface area contributed by atoms with Gasteiger partial charge in [-0.3, -0.25) is 4.79 Å². The number of benzene rings is 1. The van der Waals surface area contributed by atoms with Gasteiger partial charge in [0.05, 0.1) is 18.3 Å². The van der Waals surface area contributed by atoms with E-state index in [0.717, 1.165) is 17.7 Å². The summed E-state index contributed by atoms with van der Waals surface area (Å²) in [4.78, 5) is 12.0. The van der Waals surface area contributed by atoms with Crippen molar-refractivity contribution in [3.05, 3.63) is 30.4 Å². The molecule has 0 radical (unpaired) electrons. The van der Waals surface area contributed by atoms with Gasteiger partial charge in [0.15, 0.2) is 0 Å². The van der Waals surface area contributed by atoms with Crippen molar-refractivity contribution in [2.24, 2.45) is 5.73 Å². The van der Waals surface area contributed by atoms with Gasteiger partial charge in [-0.05, 0) is 26.3 Å². The number of nitrogens with two attached hydrogens (primary N) is 1. The van der Waals surface area contributed by atoms with Gasteiger partial charge in [0.25, 0.3) is 0 Å². The maximum atomic E-state index is 12.0. The van der Waals surface area contributed by atoms with Crippen LogP contribution in [0.3, 0.4) is 0 Å². The first-order valence-electron chi connectivity index (χ1n) is 7.18. The molecule has 5 heteroatoms. The first-order valence-corrected chi connectivity index (χ1v) is 7.18. The molecule has 1 aliphatic heterocycles. The molecule has 1 aromatic rings. The zero-order chi connectivity index (χ0) is 15.4. The molecule has 2 unspecified atom stereocenters. The minimum Gasteiger partial charge on any atom is -0.492 e. The van der Waals surface area contributed by atoms with Crippen LogP contribution in [0.5, 0.6) is 11.5 Å². The summed E-state index contributed by atoms with van der Waals surface area (Å²) in [5.41, 5.74) is 7.47. The van der Waals surface area contributed by atoms with Crippen molar-refractivity contribution in [3.8, 4) is 11.5 Å². The monoisotopic (exact) mass is 290 g/mol. The predicted molar refractivity (Wildman–Crippen MR) is 82.8 cm³/mol. The fraction of sp³-hybridized carbons (Fsp3) is 0.438. The van der Waals surface area contributed by atoms with E-state index < -0.39 is 6.04 Å². The molecule has 0 bridgehead atoms. The molecule has 2 rings (SSSR count). The Morgan fingerprint density at radius 2 is 2.43 bits per heavy atom. The quantitative estimate of drug-likeness (QED) is 0.788. The largest absolute Gasteiger partial charge is 0.492 e. The topological polar surface area (TPSA) is 73.6 Å². The number of ether oxygens (including phenoxy) is 2. The lowest BCUT2D eigenvalue weighted by atomic mass is 10.1. The number of anilines is 1. The summed E-state index contributed by atoms with van der Waals surface area (Å²) in [6.07, 6.45) is 3.04. The Morgan fingerprint density at radius 3 is 3.10 bits per heavy atom. The van der Waals surface area contributed by atoms with Gasteiger partial charge in [-0.15, -0.1) is 6.58 Å². The molecule has 0 saturated carbocycles. The van der Waals surface area contributed by atoms with E-state index in [0.29, 0.717) is 24.5 Å². The van der Waals surface area contributed by atoms with Crippen LogP contribution in [-0.4, -0.2) is 24.7 Å². The second kappa shape index (κ2) is 6.63. The molecule has 0 aromatic heterocycles. The number of hydrogen-bond donors (Lipinski definition) is 2. The zero-order valence-electron chi connectivity index (χ0n) is 12.5. The molecular formula is C16H22N2O3. The standard InChI is InChI=1S/C16H22N2O3/c1-4-6-12(17)16(19)18-13-9-14-11(7-10(3)21-14)8-15(13)20-5-2/h4,8-10,12H,1,5-7,17H2,2-3H3,(H,18,19). The summed E-state index contributed by atoms with van der Waals surface area (Å²) in [6, 6.07) is 3.12. The summed E-state index contributed by atoms with van der Waals surface area (Å²) in [5, 5.41) is 2.81. The molecule has 114 valence electrons. The van der Waals surface area contributed by atoms with Crippen molar-refractivity contribution in [1.82, 2.24) is 0 Å². The molecule has 1 amide bonds. The van der Waals surface area contributed by atoms with Gasteiger partial charge in [-0.25, -0.2) is 0 Å². The van der Waals surface area contributed by atoms with E-state index in [1.807, 2.05) is 26.0 Å². The highest BCUT2D eigenvalue weighted by atomic mass is 16.5. The Kier molecular flexibility index (Phi) is 4.85. The van der Waals surface area contributed by atoms with Gasteiger partial charge >= 0.3 is 0 Å². The van der Waals surface area contributed by atoms with Crippen LogP contribution in [0.2, 0.25) is 0 Å². The summed E-state index contributed by atoms with van der Waals surface area (Å²) in [6.45, 7) is 8.03. The average Bonchev–Trinajstić information content (AvgIpc) is 2.78. The number of fused-ring (bicyclic) bond motifs is 1. The number of carbonyl (C=O) groups excluding carboxylic acids is 1. The van der Waals surface area contributed by atoms with E-state index in [9.17, 15) is 4.79 Å². The molecule has 0 saturated heterocycles. The van der Waals surface area contributed by atoms with Gasteiger partial charge in [0, 0.05) is 18.1 Å². The van der Waals surface area contributed by atoms with Crippen molar-refractivity contribution in [3.63, 3.8) is 0 Å². The summed E-state index contributed by atoms with van der Waals surface area (Å²) in [7, 11) is 0. The number of nitrogens with one attached hydrogen (secondary N) is 1. The second-order valence-corrected chi connectivity index (χ2v) is 5.14. The van der Waals surface area contributed by atoms with Crippen molar-refractivity contribution >= 4 is 11.6 Å². The number of rotatable bonds is 6. The first kappa shape index (κ1) is 15.4. The Labute approximate surface area is 125 Å². The fourth-order valence-corrected chi connectivity index (χ4v) is 2.32. The van der Waals surface area contributed by atoms with Crippen LogP contribution in [0.1, 0.15) is 25.8 Å². The van der Waals surface area contributed by atoms with Crippen LogP contribution >= 0.6 is 0 Å². The number of hydrogen-bond acceptors (Lipinski definition) is 4. The van der Waals surface area contributed by atoms with Crippen molar-refractivity contribution in [1.29, 1.82) is 0 Å². The van der Waals surface area contributed by atoms with Crippen LogP contribution in [-0.2, 0) is 11.2 Å². The van der Waals surface area contributed by atoms with Crippen LogP contribution in [0.15, 0.2) is 24.8 Å². The maximum absolute atomic E-state index is 12.0. The zero-order valence-corrected chi connectivity index (χ0v) is 12.5. The lowest BCUT2D eigenvalue weighted by molar-refractivity contribution is -0.117. The van der Waals surface area contributed by atoms with Crippen LogP contribution in [0, 0.1) is 0 Å². The third-order valence-electron chi connectivity index (χ3n) is 3.31. The van der Waals surface area contributed by atoms with Crippen LogP contribution < -0.4 is 20.5 Å². The molecule has 5 nitrogen and oxygen atoms in total. The molecule has 1 aliphatic rings. The van der Waals surface area contributed by atoms with E-state index in [1.165, 1.54) is 0 Å². The SMILES string of the molecule is C=CCC(N)C(=O)Nc1cc2c(cc1OCC)CC(C)O2. The molecule has 1 heterocycles. The molecule has 0 spiro atoms. The summed E-state index contributed by atoms with van der Waals surface area (Å²) >= 11 is 0. The Bertz CT molecular complexity index is 543. The molecule has 3 N–H and O–H groups in total. The summed E-state index contributed by atoms with van der Waals surface area (Å²) < 4.78 is 11.3. The number of carbonyl (C=O) groups is 1. The Balaban J connectivity index is 2.23. The minimum absolute atomic E-state index is 0.142. The van der Waals surface area contributed by atoms with Crippen LogP contribution in [0.4, 0.5) is 5.69 Å². The average molecular weight is 290 g/mol. The maximum Gasteiger partial charge on any atom is 0.241 e. The Morgan fingerprint density at radius 1 is 1.67 bits per heavy atom. The highest BCUT2D eigenvalue weighted by Crippen LogP contribution is 2.38. The normalized spacial score (nSPS) is 17.6. The van der Waals surface area contributed by atoms with E-state index in [-0.39, 0.29) is 12.0 Å². The van der Waals surface area contributed by atoms with Crippen LogP contribution in [0.25, 0.3) is 0 Å². The minimum atomic E-state index is -0.620. The third-order valence-corrected chi connectivity index (χ3v) is 3.31. The molecule has 21 heavy (non-hydrogen) atoms. The number of amides is 1. The van der Waals surface area contributed by atoms with Gasteiger partial charge in [-0.1, -0.05) is 6.08 Å². The fourth-order valence-electron chi connectivity index (χ4n) is 2.32. The van der Waals surface area contributed by atoms with E-state index >= 15 is 0 Å². The molecule has 0 aliphatic carbocycles. The lowest BCUT2D eigenvalue weighted by Gasteiger charge is -2.15. The van der Waals surface area contributed by atoms with Gasteiger partial charge in [-0.2, -0.15) is 0 Å². The first-order chi connectivity index (χ1) is 10.0. The van der Waals surface area contributed by atoms with E-state index in [1.54, 1.807) is 6.08 Å². The van der Waals surface area contributed by atoms with E-state index in [2.05, 4.69) is 11.9 Å². The van der Waals surface area contributed by atoms with Crippen molar-refractivity contribution in [2.75, 3.05) is 11.9 Å². The summed E-state index contributed by atoms with van der Waals surface area (Å²) in [5.74, 6) is 1.17. The second-order valence-electron chi connectivity index (χ2n) is 5.14. The molecule has 1 aromatic carbocycles. The third kappa shape index (κ3) is 3.55. The lowest BCUT2D eigenvalue weighted by Crippen LogP contribution is -2.35. The highest BCUT2D eigenvalue weighted by molar-refractivity contribution is 5.96. The van der Waals surface area contributed by atoms with Gasteiger partial charge in [0.2, 0.25) is 5.91 Å². The van der Waals surface area contributed by atoms with Crippen molar-refractivity contribution < 1.29 is 14.3 Å². The van der Waals surface area contributed by atoms with Gasteiger partial charge in [0.1, 0.15) is 17.6 Å². The highest BCUT2D eigenvalue weighted by Gasteiger charge is 2.23. The van der Waals surface area contributed by atoms with Crippen molar-refractivity contribution in [2.45, 2.75) is 38.8 Å². The molecule has 0 fully saturated rings. The molecular weight excluding hydrogens is 268 g/mol.